The largest absolute Gasteiger partial charge is 0.345 e. The highest BCUT2D eigenvalue weighted by Crippen LogP contribution is 2.19. The van der Waals surface area contributed by atoms with E-state index >= 15 is 0 Å². The zero-order valence-corrected chi connectivity index (χ0v) is 13.1. The smallest absolute Gasteiger partial charge is 0.227 e. The summed E-state index contributed by atoms with van der Waals surface area (Å²) in [5, 5.41) is 0. The van der Waals surface area contributed by atoms with E-state index in [1.54, 1.807) is 16.0 Å². The number of carbonyl (C=O) groups excluding carboxylic acids is 2. The summed E-state index contributed by atoms with van der Waals surface area (Å²) < 4.78 is 2.00. The van der Waals surface area contributed by atoms with Crippen LogP contribution >= 0.6 is 0 Å². The Labute approximate surface area is 125 Å². The summed E-state index contributed by atoms with van der Waals surface area (Å²) in [5.41, 5.74) is 0. The number of rotatable bonds is 6. The highest BCUT2D eigenvalue weighted by atomic mass is 16.2. The van der Waals surface area contributed by atoms with Crippen LogP contribution in [0.1, 0.15) is 25.6 Å². The van der Waals surface area contributed by atoms with Crippen molar-refractivity contribution in [1.29, 1.82) is 0 Å². The molecular weight excluding hydrogens is 268 g/mol. The molecule has 0 saturated carbocycles. The number of likely N-dealkylation sites (tertiary alicyclic amines) is 1. The van der Waals surface area contributed by atoms with Gasteiger partial charge in [-0.05, 0) is 13.3 Å². The van der Waals surface area contributed by atoms with E-state index < -0.39 is 0 Å². The van der Waals surface area contributed by atoms with Crippen LogP contribution in [0.25, 0.3) is 0 Å². The van der Waals surface area contributed by atoms with Crippen molar-refractivity contribution in [2.45, 2.75) is 26.2 Å². The Morgan fingerprint density at radius 2 is 2.29 bits per heavy atom. The van der Waals surface area contributed by atoms with Gasteiger partial charge in [-0.1, -0.05) is 0 Å². The zero-order valence-electron chi connectivity index (χ0n) is 13.1. The van der Waals surface area contributed by atoms with Crippen LogP contribution in [0.5, 0.6) is 0 Å². The molecule has 2 heterocycles. The van der Waals surface area contributed by atoms with Crippen molar-refractivity contribution >= 4 is 11.8 Å². The number of hydrogen-bond acceptors (Lipinski definition) is 3. The molecule has 1 saturated heterocycles. The predicted octanol–water partition coefficient (Wildman–Crippen LogP) is 0.679. The van der Waals surface area contributed by atoms with Gasteiger partial charge in [-0.15, -0.1) is 0 Å². The van der Waals surface area contributed by atoms with Gasteiger partial charge in [-0.3, -0.25) is 9.59 Å². The van der Waals surface area contributed by atoms with Crippen molar-refractivity contribution in [2.24, 2.45) is 13.0 Å². The first kappa shape index (κ1) is 15.5. The highest BCUT2D eigenvalue weighted by molar-refractivity contribution is 5.89. The van der Waals surface area contributed by atoms with Crippen molar-refractivity contribution in [2.75, 3.05) is 26.7 Å². The first-order valence-corrected chi connectivity index (χ1v) is 7.51. The average molecular weight is 292 g/mol. The molecule has 2 amide bonds. The van der Waals surface area contributed by atoms with Crippen LogP contribution < -0.4 is 0 Å². The lowest BCUT2D eigenvalue weighted by molar-refractivity contribution is -0.134. The van der Waals surface area contributed by atoms with E-state index in [9.17, 15) is 9.59 Å². The maximum absolute atomic E-state index is 12.3. The van der Waals surface area contributed by atoms with E-state index in [2.05, 4.69) is 4.98 Å². The molecule has 0 aliphatic carbocycles. The van der Waals surface area contributed by atoms with Gasteiger partial charge in [0.1, 0.15) is 5.82 Å². The molecule has 0 unspecified atom stereocenters. The molecule has 0 N–H and O–H groups in total. The first-order chi connectivity index (χ1) is 10.0. The van der Waals surface area contributed by atoms with Crippen LogP contribution in [-0.4, -0.2) is 57.8 Å². The summed E-state index contributed by atoms with van der Waals surface area (Å²) in [6, 6.07) is 0. The molecule has 0 aromatic carbocycles. The SMILES string of the molecule is CCN1C[C@H](C(=O)N(C)CCCc2nccn2C)CC1=O. The normalized spacial score (nSPS) is 18.3. The minimum absolute atomic E-state index is 0.0825. The number of aromatic nitrogens is 2. The second-order valence-electron chi connectivity index (χ2n) is 5.65. The molecule has 2 rings (SSSR count). The van der Waals surface area contributed by atoms with Crippen molar-refractivity contribution in [3.05, 3.63) is 18.2 Å². The second-order valence-corrected chi connectivity index (χ2v) is 5.65. The maximum Gasteiger partial charge on any atom is 0.227 e. The molecule has 1 atom stereocenters. The van der Waals surface area contributed by atoms with E-state index in [1.807, 2.05) is 31.8 Å². The average Bonchev–Trinajstić information content (AvgIpc) is 3.04. The van der Waals surface area contributed by atoms with Gasteiger partial charge < -0.3 is 14.4 Å². The molecule has 6 nitrogen and oxygen atoms in total. The monoisotopic (exact) mass is 292 g/mol. The lowest BCUT2D eigenvalue weighted by Crippen LogP contribution is -2.35. The van der Waals surface area contributed by atoms with E-state index in [1.165, 1.54) is 0 Å². The van der Waals surface area contributed by atoms with Gasteiger partial charge in [0.2, 0.25) is 11.8 Å². The van der Waals surface area contributed by atoms with Crippen LogP contribution in [0.4, 0.5) is 0 Å². The van der Waals surface area contributed by atoms with Crippen molar-refractivity contribution in [3.8, 4) is 0 Å². The number of aryl methyl sites for hydroxylation is 2. The molecule has 116 valence electrons. The fraction of sp³-hybridized carbons (Fsp3) is 0.667. The quantitative estimate of drug-likeness (QED) is 0.775. The molecule has 0 radical (unpaired) electrons. The highest BCUT2D eigenvalue weighted by Gasteiger charge is 2.34. The predicted molar refractivity (Wildman–Crippen MR) is 79.5 cm³/mol. The molecule has 0 bridgehead atoms. The summed E-state index contributed by atoms with van der Waals surface area (Å²) >= 11 is 0. The number of carbonyl (C=O) groups is 2. The van der Waals surface area contributed by atoms with Crippen LogP contribution in [0.15, 0.2) is 12.4 Å². The van der Waals surface area contributed by atoms with Crippen LogP contribution in [0.3, 0.4) is 0 Å². The number of amides is 2. The summed E-state index contributed by atoms with van der Waals surface area (Å²) in [5.74, 6) is 1.04. The number of hydrogen-bond donors (Lipinski definition) is 0. The molecule has 1 fully saturated rings. The molecule has 1 aromatic heterocycles. The topological polar surface area (TPSA) is 58.4 Å². The van der Waals surface area contributed by atoms with E-state index in [0.717, 1.165) is 18.7 Å². The molecule has 6 heteroatoms. The van der Waals surface area contributed by atoms with Crippen LogP contribution in [0.2, 0.25) is 0 Å². The van der Waals surface area contributed by atoms with Gasteiger partial charge in [-0.2, -0.15) is 0 Å². The molecule has 0 spiro atoms. The molecule has 1 aromatic rings. The lowest BCUT2D eigenvalue weighted by Gasteiger charge is -2.21. The maximum atomic E-state index is 12.3. The Kier molecular flexibility index (Phi) is 4.98. The standard InChI is InChI=1S/C15H24N4O2/c1-4-19-11-12(10-14(19)20)15(21)18(3)8-5-6-13-16-7-9-17(13)2/h7,9,12H,4-6,8,10-11H2,1-3H3/t12-/m1/s1. The summed E-state index contributed by atoms with van der Waals surface area (Å²) in [4.78, 5) is 31.8. The van der Waals surface area contributed by atoms with Gasteiger partial charge in [0.25, 0.3) is 0 Å². The summed E-state index contributed by atoms with van der Waals surface area (Å²) in [7, 11) is 3.79. The van der Waals surface area contributed by atoms with Gasteiger partial charge in [-0.25, -0.2) is 4.98 Å². The molecular formula is C15H24N4O2. The third kappa shape index (κ3) is 3.62. The minimum Gasteiger partial charge on any atom is -0.345 e. The summed E-state index contributed by atoms with van der Waals surface area (Å²) in [6.07, 6.45) is 5.80. The van der Waals surface area contributed by atoms with E-state index in [-0.39, 0.29) is 17.7 Å². The van der Waals surface area contributed by atoms with Crippen LogP contribution in [-0.2, 0) is 23.1 Å². The minimum atomic E-state index is -0.171. The van der Waals surface area contributed by atoms with Crippen molar-refractivity contribution in [3.63, 3.8) is 0 Å². The third-order valence-corrected chi connectivity index (χ3v) is 4.14. The van der Waals surface area contributed by atoms with Gasteiger partial charge in [0.05, 0.1) is 5.92 Å². The molecule has 21 heavy (non-hydrogen) atoms. The van der Waals surface area contributed by atoms with Gasteiger partial charge in [0, 0.05) is 59.0 Å². The fourth-order valence-corrected chi connectivity index (χ4v) is 2.78. The first-order valence-electron chi connectivity index (χ1n) is 7.51. The van der Waals surface area contributed by atoms with Crippen molar-refractivity contribution in [1.82, 2.24) is 19.4 Å². The second kappa shape index (κ2) is 6.74. The Bertz CT molecular complexity index is 512. The fourth-order valence-electron chi connectivity index (χ4n) is 2.78. The Morgan fingerprint density at radius 3 is 2.86 bits per heavy atom. The van der Waals surface area contributed by atoms with E-state index in [4.69, 9.17) is 0 Å². The van der Waals surface area contributed by atoms with Gasteiger partial charge in [0.15, 0.2) is 0 Å². The van der Waals surface area contributed by atoms with Crippen LogP contribution in [0, 0.1) is 5.92 Å². The van der Waals surface area contributed by atoms with E-state index in [0.29, 0.717) is 26.1 Å². The Hall–Kier alpha value is -1.85. The summed E-state index contributed by atoms with van der Waals surface area (Å²) in [6.45, 7) is 3.90. The number of imidazole rings is 1. The molecule has 1 aliphatic heterocycles. The van der Waals surface area contributed by atoms with Crippen molar-refractivity contribution < 1.29 is 9.59 Å². The molecule has 1 aliphatic rings. The Balaban J connectivity index is 1.78. The third-order valence-electron chi connectivity index (χ3n) is 4.14. The number of nitrogens with zero attached hydrogens (tertiary/aromatic N) is 4. The zero-order chi connectivity index (χ0) is 15.4. The van der Waals surface area contributed by atoms with Gasteiger partial charge >= 0.3 is 0 Å². The lowest BCUT2D eigenvalue weighted by atomic mass is 10.1. The Morgan fingerprint density at radius 1 is 1.52 bits per heavy atom.